The summed E-state index contributed by atoms with van der Waals surface area (Å²) < 4.78 is 6.57. The molecule has 0 unspecified atom stereocenters. The number of unbranched alkanes of at least 4 members (excludes halogenated alkanes) is 2. The number of hydrogen-bond acceptors (Lipinski definition) is 4. The lowest BCUT2D eigenvalue weighted by atomic mass is 10.2. The molecule has 18 heavy (non-hydrogen) atoms. The smallest absolute Gasteiger partial charge is 0.213 e. The molecule has 2 heterocycles. The highest BCUT2D eigenvalue weighted by molar-refractivity contribution is 9.10. The van der Waals surface area contributed by atoms with Crippen LogP contribution in [-0.4, -0.2) is 41.2 Å². The standard InChI is InChI=1S/C13H19BrN2OS/c14-12-4-5-13(15-10-12)17-8-3-1-2-6-16-7-9-18-11-16/h4-5,10H,1-3,6-9,11H2. The van der Waals surface area contributed by atoms with Gasteiger partial charge in [0.05, 0.1) is 6.61 Å². The van der Waals surface area contributed by atoms with Crippen molar-refractivity contribution in [1.82, 2.24) is 9.88 Å². The van der Waals surface area contributed by atoms with Gasteiger partial charge in [0.2, 0.25) is 5.88 Å². The van der Waals surface area contributed by atoms with Gasteiger partial charge in [0.15, 0.2) is 0 Å². The van der Waals surface area contributed by atoms with E-state index in [-0.39, 0.29) is 0 Å². The maximum atomic E-state index is 5.58. The minimum absolute atomic E-state index is 0.717. The molecule has 100 valence electrons. The number of ether oxygens (including phenoxy) is 1. The minimum Gasteiger partial charge on any atom is -0.478 e. The molecule has 3 nitrogen and oxygen atoms in total. The summed E-state index contributed by atoms with van der Waals surface area (Å²) in [5.41, 5.74) is 0. The number of rotatable bonds is 7. The van der Waals surface area contributed by atoms with Crippen molar-refractivity contribution in [1.29, 1.82) is 0 Å². The van der Waals surface area contributed by atoms with Crippen LogP contribution in [0.3, 0.4) is 0 Å². The highest BCUT2D eigenvalue weighted by atomic mass is 79.9. The van der Waals surface area contributed by atoms with Gasteiger partial charge in [-0.1, -0.05) is 0 Å². The molecule has 0 radical (unpaired) electrons. The van der Waals surface area contributed by atoms with Gasteiger partial charge in [-0.25, -0.2) is 4.98 Å². The van der Waals surface area contributed by atoms with Gasteiger partial charge < -0.3 is 4.74 Å². The molecule has 1 aromatic heterocycles. The van der Waals surface area contributed by atoms with Gasteiger partial charge in [-0.15, -0.1) is 11.8 Å². The van der Waals surface area contributed by atoms with E-state index in [4.69, 9.17) is 4.74 Å². The first kappa shape index (κ1) is 14.2. The lowest BCUT2D eigenvalue weighted by Crippen LogP contribution is -2.20. The summed E-state index contributed by atoms with van der Waals surface area (Å²) >= 11 is 5.39. The summed E-state index contributed by atoms with van der Waals surface area (Å²) in [7, 11) is 0. The molecule has 1 aliphatic rings. The van der Waals surface area contributed by atoms with Gasteiger partial charge in [-0.3, -0.25) is 4.90 Å². The van der Waals surface area contributed by atoms with Crippen molar-refractivity contribution in [3.05, 3.63) is 22.8 Å². The molecule has 0 bridgehead atoms. The van der Waals surface area contributed by atoms with Crippen molar-refractivity contribution in [2.45, 2.75) is 19.3 Å². The van der Waals surface area contributed by atoms with E-state index >= 15 is 0 Å². The predicted molar refractivity (Wildman–Crippen MR) is 80.2 cm³/mol. The van der Waals surface area contributed by atoms with E-state index in [9.17, 15) is 0 Å². The molecule has 0 amide bonds. The second-order valence-electron chi connectivity index (χ2n) is 4.38. The highest BCUT2D eigenvalue weighted by Crippen LogP contribution is 2.14. The maximum absolute atomic E-state index is 5.58. The van der Waals surface area contributed by atoms with Crippen LogP contribution in [0, 0.1) is 0 Å². The van der Waals surface area contributed by atoms with Crippen LogP contribution in [0.1, 0.15) is 19.3 Å². The quantitative estimate of drug-likeness (QED) is 0.715. The summed E-state index contributed by atoms with van der Waals surface area (Å²) in [5.74, 6) is 3.24. The third-order valence-corrected chi connectivity index (χ3v) is 4.38. The molecule has 0 aromatic carbocycles. The summed E-state index contributed by atoms with van der Waals surface area (Å²) in [6, 6.07) is 3.85. The molecule has 0 atom stereocenters. The van der Waals surface area contributed by atoms with Crippen molar-refractivity contribution in [2.75, 3.05) is 31.3 Å². The van der Waals surface area contributed by atoms with E-state index in [1.807, 2.05) is 23.9 Å². The summed E-state index contributed by atoms with van der Waals surface area (Å²) in [6.45, 7) is 3.27. The molecule has 1 fully saturated rings. The fourth-order valence-electron chi connectivity index (χ4n) is 1.87. The highest BCUT2D eigenvalue weighted by Gasteiger charge is 2.10. The van der Waals surface area contributed by atoms with E-state index in [2.05, 4.69) is 25.8 Å². The number of aromatic nitrogens is 1. The summed E-state index contributed by atoms with van der Waals surface area (Å²) in [4.78, 5) is 6.71. The van der Waals surface area contributed by atoms with Crippen LogP contribution >= 0.6 is 27.7 Å². The third kappa shape index (κ3) is 5.16. The minimum atomic E-state index is 0.717. The first-order valence-corrected chi connectivity index (χ1v) is 8.34. The summed E-state index contributed by atoms with van der Waals surface area (Å²) in [6.07, 6.45) is 5.38. The second-order valence-corrected chi connectivity index (χ2v) is 6.37. The Morgan fingerprint density at radius 2 is 2.28 bits per heavy atom. The molecule has 0 saturated carbocycles. The lowest BCUT2D eigenvalue weighted by Gasteiger charge is -2.12. The molecule has 0 aliphatic carbocycles. The van der Waals surface area contributed by atoms with Crippen LogP contribution < -0.4 is 4.74 Å². The zero-order valence-electron chi connectivity index (χ0n) is 10.5. The fourth-order valence-corrected chi connectivity index (χ4v) is 3.13. The van der Waals surface area contributed by atoms with Crippen LogP contribution in [0.15, 0.2) is 22.8 Å². The van der Waals surface area contributed by atoms with Gasteiger partial charge in [0.25, 0.3) is 0 Å². The Labute approximate surface area is 121 Å². The summed E-state index contributed by atoms with van der Waals surface area (Å²) in [5, 5.41) is 0. The van der Waals surface area contributed by atoms with Crippen molar-refractivity contribution >= 4 is 27.7 Å². The molecule has 0 N–H and O–H groups in total. The van der Waals surface area contributed by atoms with E-state index in [0.717, 1.165) is 17.5 Å². The first-order chi connectivity index (χ1) is 8.84. The largest absolute Gasteiger partial charge is 0.478 e. The number of thioether (sulfide) groups is 1. The van der Waals surface area contributed by atoms with Gasteiger partial charge in [0, 0.05) is 34.9 Å². The van der Waals surface area contributed by atoms with Crippen LogP contribution in [0.5, 0.6) is 5.88 Å². The molecule has 1 aromatic rings. The van der Waals surface area contributed by atoms with E-state index < -0.39 is 0 Å². The zero-order valence-corrected chi connectivity index (χ0v) is 12.9. The van der Waals surface area contributed by atoms with Crippen molar-refractivity contribution in [3.63, 3.8) is 0 Å². The normalized spacial score (nSPS) is 16.1. The number of halogens is 1. The Hall–Kier alpha value is -0.260. The Morgan fingerprint density at radius 3 is 3.00 bits per heavy atom. The van der Waals surface area contributed by atoms with Crippen molar-refractivity contribution < 1.29 is 4.74 Å². The van der Waals surface area contributed by atoms with Crippen LogP contribution in [0.4, 0.5) is 0 Å². The second kappa shape index (κ2) is 8.02. The molecule has 1 saturated heterocycles. The van der Waals surface area contributed by atoms with E-state index in [0.29, 0.717) is 5.88 Å². The van der Waals surface area contributed by atoms with Crippen LogP contribution in [0.25, 0.3) is 0 Å². The van der Waals surface area contributed by atoms with Gasteiger partial charge in [-0.05, 0) is 47.8 Å². The number of hydrogen-bond donors (Lipinski definition) is 0. The predicted octanol–water partition coefficient (Wildman–Crippen LogP) is 3.40. The monoisotopic (exact) mass is 330 g/mol. The van der Waals surface area contributed by atoms with Gasteiger partial charge in [0.1, 0.15) is 0 Å². The molecular formula is C13H19BrN2OS. The van der Waals surface area contributed by atoms with Gasteiger partial charge in [-0.2, -0.15) is 0 Å². The average Bonchev–Trinajstić information content (AvgIpc) is 2.89. The Bertz CT molecular complexity index is 341. The van der Waals surface area contributed by atoms with E-state index in [1.165, 1.54) is 37.6 Å². The fraction of sp³-hybridized carbons (Fsp3) is 0.615. The maximum Gasteiger partial charge on any atom is 0.213 e. The number of nitrogens with zero attached hydrogens (tertiary/aromatic N) is 2. The van der Waals surface area contributed by atoms with Gasteiger partial charge >= 0.3 is 0 Å². The molecule has 1 aliphatic heterocycles. The molecule has 2 rings (SSSR count). The molecule has 5 heteroatoms. The average molecular weight is 331 g/mol. The Morgan fingerprint density at radius 1 is 1.33 bits per heavy atom. The lowest BCUT2D eigenvalue weighted by molar-refractivity contribution is 0.285. The Kier molecular flexibility index (Phi) is 6.31. The van der Waals surface area contributed by atoms with Crippen LogP contribution in [-0.2, 0) is 0 Å². The topological polar surface area (TPSA) is 25.4 Å². The van der Waals surface area contributed by atoms with Crippen molar-refractivity contribution in [3.8, 4) is 5.88 Å². The number of pyridine rings is 1. The molecular weight excluding hydrogens is 312 g/mol. The first-order valence-electron chi connectivity index (χ1n) is 6.39. The molecule has 0 spiro atoms. The van der Waals surface area contributed by atoms with Crippen LogP contribution in [0.2, 0.25) is 0 Å². The van der Waals surface area contributed by atoms with E-state index in [1.54, 1.807) is 6.20 Å². The third-order valence-electron chi connectivity index (χ3n) is 2.89. The SMILES string of the molecule is Brc1ccc(OCCCCCN2CCSC2)nc1. The van der Waals surface area contributed by atoms with Crippen molar-refractivity contribution in [2.24, 2.45) is 0 Å². The Balaban J connectivity index is 1.49. The zero-order chi connectivity index (χ0) is 12.6.